The Balaban J connectivity index is 0.886. The minimum absolute atomic E-state index is 0.0259. The van der Waals surface area contributed by atoms with Gasteiger partial charge in [0.1, 0.15) is 38.5 Å². The van der Waals surface area contributed by atoms with Crippen LogP contribution in [-0.2, 0) is 123 Å². The quantitative estimate of drug-likeness (QED) is 0.0107. The molecule has 0 unspecified atom stereocenters. The summed E-state index contributed by atoms with van der Waals surface area (Å²) >= 11 is 0. The van der Waals surface area contributed by atoms with Gasteiger partial charge < -0.3 is 93.7 Å². The number of urea groups is 1. The number of nitrogens with two attached hydrogens (primary N) is 1. The molecular formula is C67H96N12O22S. The number of para-hydroxylation sites is 1. The summed E-state index contributed by atoms with van der Waals surface area (Å²) in [7, 11) is -3.56. The van der Waals surface area contributed by atoms with Gasteiger partial charge in [0.2, 0.25) is 39.3 Å². The monoisotopic (exact) mass is 1450 g/mol. The molecule has 35 heteroatoms. The summed E-state index contributed by atoms with van der Waals surface area (Å²) in [5.74, 6) is -3.96. The van der Waals surface area contributed by atoms with E-state index in [0.29, 0.717) is 127 Å². The highest BCUT2D eigenvalue weighted by Crippen LogP contribution is 2.42. The molecule has 0 bridgehead atoms. The predicted octanol–water partition coefficient (Wildman–Crippen LogP) is 3.24. The van der Waals surface area contributed by atoms with Crippen molar-refractivity contribution in [2.24, 2.45) is 16.8 Å². The highest BCUT2D eigenvalue weighted by atomic mass is 32.2. The Hall–Kier alpha value is -8.45. The number of azide groups is 1. The van der Waals surface area contributed by atoms with Gasteiger partial charge in [-0.25, -0.2) is 27.8 Å². The van der Waals surface area contributed by atoms with Gasteiger partial charge in [0.05, 0.1) is 141 Å². The molecule has 2 aliphatic rings. The number of esters is 1. The second-order valence-corrected chi connectivity index (χ2v) is 26.0. The third kappa shape index (κ3) is 26.4. The van der Waals surface area contributed by atoms with E-state index in [2.05, 4.69) is 36.6 Å². The molecule has 0 saturated heterocycles. The fraction of sp³-hybridized carbons (Fsp3) is 0.597. The third-order valence-electron chi connectivity index (χ3n) is 16.0. The lowest BCUT2D eigenvalue weighted by molar-refractivity contribution is -0.175. The molecule has 2 aromatic heterocycles. The summed E-state index contributed by atoms with van der Waals surface area (Å²) in [5, 5.41) is 17.3. The lowest BCUT2D eigenvalue weighted by Crippen LogP contribution is -2.55. The minimum atomic E-state index is -3.56. The number of cyclic esters (lactones) is 1. The van der Waals surface area contributed by atoms with Crippen molar-refractivity contribution in [3.8, 4) is 11.4 Å². The largest absolute Gasteiger partial charge is 0.510 e. The molecule has 0 aliphatic carbocycles. The number of fused-ring (bicyclic) bond motifs is 5. The second kappa shape index (κ2) is 43.5. The van der Waals surface area contributed by atoms with E-state index in [1.54, 1.807) is 52.8 Å². The Kier molecular flexibility index (Phi) is 35.2. The maximum absolute atomic E-state index is 14.5. The summed E-state index contributed by atoms with van der Waals surface area (Å²) < 4.78 is 94.2. The van der Waals surface area contributed by atoms with E-state index in [-0.39, 0.29) is 101 Å². The van der Waals surface area contributed by atoms with Gasteiger partial charge in [-0.2, -0.15) is 4.31 Å². The number of ether oxygens (including phenoxy) is 12. The smallest absolute Gasteiger partial charge is 0.457 e. The SMILES string of the molecule is CC[C@@]1(OC(=O)OCc2ccc(NC(=O)[C@H](CCCNC(N)=O)NC(=O)[C@@H](NC(=O)COCC(=O)NCCOCCOCCOCCOCCOCCOCCOCCOCCN=[N+]=[N-])C(C)C)cc2)C(=O)OCc2c1cc1n(c2=O)Cc2c-1nc1ccccc1c2CCN(C(C)C)S(C)(=O)=O. The van der Waals surface area contributed by atoms with Crippen molar-refractivity contribution in [2.75, 3.05) is 157 Å². The molecule has 0 radical (unpaired) electrons. The zero-order valence-corrected chi connectivity index (χ0v) is 59.5. The Bertz CT molecular complexity index is 3630. The van der Waals surface area contributed by atoms with Gasteiger partial charge in [0, 0.05) is 59.3 Å². The fourth-order valence-corrected chi connectivity index (χ4v) is 12.1. The summed E-state index contributed by atoms with van der Waals surface area (Å²) in [6, 6.07) is 11.7. The van der Waals surface area contributed by atoms with Crippen LogP contribution in [0, 0.1) is 5.92 Å². The zero-order valence-electron chi connectivity index (χ0n) is 58.7. The van der Waals surface area contributed by atoms with E-state index in [9.17, 15) is 46.8 Å². The number of hydrogen-bond donors (Lipinski definition) is 6. The first-order chi connectivity index (χ1) is 49.1. The van der Waals surface area contributed by atoms with Crippen molar-refractivity contribution < 1.29 is 98.8 Å². The number of nitrogens with one attached hydrogen (secondary N) is 5. The van der Waals surface area contributed by atoms with Gasteiger partial charge in [-0.15, -0.1) is 0 Å². The molecule has 4 heterocycles. The first-order valence-corrected chi connectivity index (χ1v) is 35.6. The highest BCUT2D eigenvalue weighted by molar-refractivity contribution is 7.88. The van der Waals surface area contributed by atoms with Crippen molar-refractivity contribution in [3.05, 3.63) is 103 Å². The average molecular weight is 1450 g/mol. The Morgan fingerprint density at radius 3 is 1.90 bits per heavy atom. The number of benzene rings is 2. The van der Waals surface area contributed by atoms with E-state index < -0.39 is 94.2 Å². The van der Waals surface area contributed by atoms with Crippen molar-refractivity contribution >= 4 is 68.4 Å². The maximum atomic E-state index is 14.5. The van der Waals surface area contributed by atoms with Crippen molar-refractivity contribution in [2.45, 2.75) is 104 Å². The second-order valence-electron chi connectivity index (χ2n) is 24.0. The summed E-state index contributed by atoms with van der Waals surface area (Å²) in [6.45, 7) is 13.6. The van der Waals surface area contributed by atoms with Crippen LogP contribution >= 0.6 is 0 Å². The third-order valence-corrected chi connectivity index (χ3v) is 17.5. The van der Waals surface area contributed by atoms with Crippen LogP contribution in [0.5, 0.6) is 0 Å². The Labute approximate surface area is 591 Å². The number of hydrogen-bond acceptors (Lipinski definition) is 24. The van der Waals surface area contributed by atoms with Crippen LogP contribution in [-0.4, -0.2) is 234 Å². The van der Waals surface area contributed by atoms with Crippen molar-refractivity contribution in [1.82, 2.24) is 35.1 Å². The molecule has 34 nitrogen and oxygen atoms in total. The van der Waals surface area contributed by atoms with Crippen LogP contribution < -0.4 is 37.9 Å². The van der Waals surface area contributed by atoms with E-state index >= 15 is 0 Å². The standard InChI is InChI=1S/C67H96N12O22S/c1-7-67(53-39-56-60-51(40-78(56)63(84)52(53)42-99-64(67)85)49(50-11-8-9-12-54(50)74-60)18-22-79(46(4)5)102(6,88)89)101-66(87)100-41-47-14-16-48(17-15-47)73-61(82)55(13-10-19-71-65(68)86)75-62(83)59(45(2)3)76-58(81)44-98-43-57(80)70-20-23-90-25-27-92-29-31-94-33-35-96-37-38-97-36-34-95-32-30-93-28-26-91-24-21-72-77-69/h8-9,11-12,14-17,39,45-46,55,59H,7,10,13,18-38,40-44H2,1-6H3,(H,70,80)(H,73,82)(H,75,83)(H,76,81)(H3,68,71,86)/t55-,59-,67-/m0/s1. The van der Waals surface area contributed by atoms with Gasteiger partial charge in [-0.05, 0) is 86.4 Å². The van der Waals surface area contributed by atoms with Gasteiger partial charge in [0.25, 0.3) is 5.56 Å². The molecule has 4 aromatic rings. The van der Waals surface area contributed by atoms with Crippen LogP contribution in [0.2, 0.25) is 0 Å². The van der Waals surface area contributed by atoms with Gasteiger partial charge in [0.15, 0.2) is 0 Å². The normalized spacial score (nSPS) is 14.5. The Morgan fingerprint density at radius 2 is 1.33 bits per heavy atom. The van der Waals surface area contributed by atoms with Crippen LogP contribution in [0.4, 0.5) is 15.3 Å². The number of carbonyl (C=O) groups is 7. The molecule has 6 rings (SSSR count). The Morgan fingerprint density at radius 1 is 0.745 bits per heavy atom. The number of sulfonamides is 1. The molecule has 0 spiro atoms. The highest BCUT2D eigenvalue weighted by Gasteiger charge is 2.51. The molecule has 102 heavy (non-hydrogen) atoms. The topological polar surface area (TPSA) is 437 Å². The van der Waals surface area contributed by atoms with E-state index in [4.69, 9.17) is 73.1 Å². The van der Waals surface area contributed by atoms with E-state index in [0.717, 1.165) is 10.9 Å². The minimum Gasteiger partial charge on any atom is -0.457 e. The lowest BCUT2D eigenvalue weighted by Gasteiger charge is -2.35. The number of rotatable bonds is 50. The number of primary amides is 1. The van der Waals surface area contributed by atoms with E-state index in [1.807, 2.05) is 24.3 Å². The summed E-state index contributed by atoms with van der Waals surface area (Å²) in [5.41, 5.74) is 14.8. The number of amides is 6. The summed E-state index contributed by atoms with van der Waals surface area (Å²) in [6.07, 6.45) is 0.318. The van der Waals surface area contributed by atoms with Gasteiger partial charge in [-0.3, -0.25) is 24.0 Å². The van der Waals surface area contributed by atoms with Crippen LogP contribution in [0.1, 0.15) is 81.7 Å². The van der Waals surface area contributed by atoms with Crippen molar-refractivity contribution in [1.29, 1.82) is 0 Å². The molecule has 562 valence electrons. The maximum Gasteiger partial charge on any atom is 0.510 e. The van der Waals surface area contributed by atoms with Crippen molar-refractivity contribution in [3.63, 3.8) is 0 Å². The number of nitrogens with zero attached hydrogens (tertiary/aromatic N) is 6. The molecule has 2 aromatic carbocycles. The van der Waals surface area contributed by atoms with Gasteiger partial charge in [-0.1, -0.05) is 56.2 Å². The van der Waals surface area contributed by atoms with Gasteiger partial charge >= 0.3 is 18.2 Å². The average Bonchev–Trinajstić information content (AvgIpc) is 1.50. The first-order valence-electron chi connectivity index (χ1n) is 33.8. The number of pyridine rings is 2. The van der Waals surface area contributed by atoms with Crippen LogP contribution in [0.15, 0.2) is 64.5 Å². The molecule has 0 saturated carbocycles. The zero-order chi connectivity index (χ0) is 73.9. The lowest BCUT2D eigenvalue weighted by atomic mass is 9.85. The molecule has 7 N–H and O–H groups in total. The van der Waals surface area contributed by atoms with E-state index in [1.165, 1.54) is 27.3 Å². The number of aromatic nitrogens is 2. The predicted molar refractivity (Wildman–Crippen MR) is 369 cm³/mol. The molecule has 3 atom stereocenters. The molecule has 2 aliphatic heterocycles. The molecule has 0 fully saturated rings. The summed E-state index contributed by atoms with van der Waals surface area (Å²) in [4.78, 5) is 114. The molecule has 6 amide bonds. The molecular weight excluding hydrogens is 1360 g/mol. The fourth-order valence-electron chi connectivity index (χ4n) is 11.0. The van der Waals surface area contributed by atoms with Crippen LogP contribution in [0.3, 0.4) is 0 Å². The van der Waals surface area contributed by atoms with Crippen LogP contribution in [0.25, 0.3) is 32.7 Å². The number of anilines is 1. The number of carbonyl (C=O) groups excluding carboxylic acids is 7. The first kappa shape index (κ1) is 82.5.